The zero-order valence-corrected chi connectivity index (χ0v) is 33.6. The number of carbonyl (C=O) groups is 2. The number of aromatic amines is 1. The van der Waals surface area contributed by atoms with E-state index < -0.39 is 18.2 Å². The molecule has 2 saturated carbocycles. The van der Waals surface area contributed by atoms with Gasteiger partial charge in [-0.05, 0) is 119 Å². The van der Waals surface area contributed by atoms with Crippen LogP contribution in [-0.4, -0.2) is 80.9 Å². The molecule has 2 heterocycles. The number of para-hydroxylation sites is 1. The van der Waals surface area contributed by atoms with Crippen molar-refractivity contribution in [2.24, 2.45) is 29.6 Å². The lowest BCUT2D eigenvalue weighted by atomic mass is 9.51. The average Bonchev–Trinajstić information content (AvgIpc) is 3.54. The van der Waals surface area contributed by atoms with Gasteiger partial charge in [0.1, 0.15) is 24.9 Å². The second kappa shape index (κ2) is 16.5. The van der Waals surface area contributed by atoms with E-state index in [-0.39, 0.29) is 104 Å². The lowest BCUT2D eigenvalue weighted by molar-refractivity contribution is -0.155. The number of hydrogen-bond acceptors (Lipinski definition) is 10. The minimum Gasteiger partial charge on any atom is -0.504 e. The van der Waals surface area contributed by atoms with Gasteiger partial charge in [-0.2, -0.15) is 0 Å². The maximum absolute atomic E-state index is 14.8. The number of aromatic nitrogens is 1. The number of ketones is 1. The van der Waals surface area contributed by atoms with Gasteiger partial charge in [0.25, 0.3) is 0 Å². The summed E-state index contributed by atoms with van der Waals surface area (Å²) in [5, 5.41) is 54.8. The first-order valence-corrected chi connectivity index (χ1v) is 21.1. The molecule has 9 rings (SSSR count). The Hall–Kier alpha value is -5.54. The van der Waals surface area contributed by atoms with Gasteiger partial charge in [0.15, 0.2) is 23.0 Å². The number of H-pyrrole nitrogens is 1. The molecule has 6 N–H and O–H groups in total. The van der Waals surface area contributed by atoms with E-state index in [1.54, 1.807) is 18.2 Å². The molecule has 3 aromatic carbocycles. The number of methoxy groups -OCH3 is 1. The zero-order chi connectivity index (χ0) is 41.7. The molecule has 4 aliphatic carbocycles. The molecule has 0 radical (unpaired) electrons. The number of allylic oxidation sites excluding steroid dienone is 3. The first-order valence-electron chi connectivity index (χ1n) is 21.1. The third kappa shape index (κ3) is 7.35. The Balaban J connectivity index is 1.20. The van der Waals surface area contributed by atoms with Crippen molar-refractivity contribution in [2.75, 3.05) is 20.3 Å². The molecule has 0 spiro atoms. The number of aliphatic hydroxyl groups is 3. The average molecular weight is 814 g/mol. The van der Waals surface area contributed by atoms with Gasteiger partial charge in [0, 0.05) is 42.2 Å². The van der Waals surface area contributed by atoms with E-state index in [1.165, 1.54) is 13.2 Å². The van der Waals surface area contributed by atoms with Gasteiger partial charge in [0.05, 0.1) is 31.6 Å². The smallest absolute Gasteiger partial charge is 0.318 e. The van der Waals surface area contributed by atoms with E-state index in [0.29, 0.717) is 30.6 Å². The van der Waals surface area contributed by atoms with Crippen molar-refractivity contribution in [2.45, 2.75) is 82.0 Å². The van der Waals surface area contributed by atoms with Gasteiger partial charge in [-0.3, -0.25) is 9.59 Å². The van der Waals surface area contributed by atoms with E-state index in [2.05, 4.69) is 35.0 Å². The molecule has 2 fully saturated rings. The number of fused-ring (bicyclic) bond motifs is 9. The number of phenols is 2. The fourth-order valence-corrected chi connectivity index (χ4v) is 11.2. The predicted octanol–water partition coefficient (Wildman–Crippen LogP) is 6.27. The number of benzene rings is 3. The monoisotopic (exact) mass is 813 g/mol. The number of ether oxygens (including phenoxy) is 3. The second-order valence-corrected chi connectivity index (χ2v) is 17.1. The number of nitrogens with one attached hydrogen (secondary N) is 1. The van der Waals surface area contributed by atoms with Crippen molar-refractivity contribution in [3.8, 4) is 34.8 Å². The summed E-state index contributed by atoms with van der Waals surface area (Å²) in [6, 6.07) is 16.3. The Morgan fingerprint density at radius 2 is 1.77 bits per heavy atom. The van der Waals surface area contributed by atoms with Crippen LogP contribution in [0.1, 0.15) is 78.8 Å². The highest BCUT2D eigenvalue weighted by molar-refractivity contribution is 5.96. The van der Waals surface area contributed by atoms with Gasteiger partial charge in [0.2, 0.25) is 0 Å². The molecule has 5 aliphatic rings. The molecule has 312 valence electrons. The van der Waals surface area contributed by atoms with Crippen molar-refractivity contribution < 1.29 is 49.3 Å². The summed E-state index contributed by atoms with van der Waals surface area (Å²) < 4.78 is 17.2. The van der Waals surface area contributed by atoms with E-state index in [9.17, 15) is 35.1 Å². The standard InChI is InChI=1S/C49H51NO10/c1-58-43-25-35-37-22-29(53)23-45(41(55)18-26-10-15-40(54)44(19-26)59-17-16-51)60-46(57)9-5-3-7-33-30-6-2-4-8-39(30)50-49(33)48(38(35)24-42(43)56)32-13-11-27-20-36(32)47(37)31-14-12-28(52)21-34(27)31/h2,4,6,8,10-11,13,15,19,24-25,27-28,31,34,36-37,41,45,47,50-52,54-56H,7,9,12,14,16-18,20-23H2,1H3. The van der Waals surface area contributed by atoms with Crippen molar-refractivity contribution in [3.63, 3.8) is 0 Å². The Bertz CT molecular complexity index is 2450. The maximum Gasteiger partial charge on any atom is 0.318 e. The molecule has 11 nitrogen and oxygen atoms in total. The van der Waals surface area contributed by atoms with Crippen LogP contribution in [0.5, 0.6) is 23.0 Å². The summed E-state index contributed by atoms with van der Waals surface area (Å²) in [6.45, 7) is -0.287. The van der Waals surface area contributed by atoms with Crippen LogP contribution in [0.15, 0.2) is 72.3 Å². The molecule has 1 aromatic heterocycles. The molecule has 9 unspecified atom stereocenters. The minimum absolute atomic E-state index is 0.00304. The number of rotatable bonds is 7. The fourth-order valence-electron chi connectivity index (χ4n) is 11.2. The largest absolute Gasteiger partial charge is 0.504 e. The molecule has 1 aliphatic heterocycles. The first kappa shape index (κ1) is 39.9. The minimum atomic E-state index is -1.30. The Morgan fingerprint density at radius 1 is 0.933 bits per heavy atom. The Morgan fingerprint density at radius 3 is 2.60 bits per heavy atom. The number of carbonyl (C=O) groups excluding carboxylic acids is 2. The highest BCUT2D eigenvalue weighted by Gasteiger charge is 2.53. The molecule has 4 bridgehead atoms. The van der Waals surface area contributed by atoms with Gasteiger partial charge in [-0.15, -0.1) is 0 Å². The van der Waals surface area contributed by atoms with E-state index in [4.69, 9.17) is 14.2 Å². The normalized spacial score (nSPS) is 27.8. The van der Waals surface area contributed by atoms with Gasteiger partial charge < -0.3 is 44.7 Å². The van der Waals surface area contributed by atoms with E-state index in [1.807, 2.05) is 24.3 Å². The number of Topliss-reactive ketones (excluding diaryl/α,β-unsaturated/α-hetero) is 1. The Kier molecular flexibility index (Phi) is 11.0. The van der Waals surface area contributed by atoms with Crippen LogP contribution in [0.3, 0.4) is 0 Å². The zero-order valence-electron chi connectivity index (χ0n) is 33.6. The lowest BCUT2D eigenvalue weighted by Gasteiger charge is -2.54. The highest BCUT2D eigenvalue weighted by atomic mass is 16.6. The van der Waals surface area contributed by atoms with Crippen LogP contribution < -0.4 is 9.47 Å². The second-order valence-electron chi connectivity index (χ2n) is 17.1. The van der Waals surface area contributed by atoms with Crippen LogP contribution >= 0.6 is 0 Å². The number of aliphatic hydroxyl groups excluding tert-OH is 3. The van der Waals surface area contributed by atoms with Gasteiger partial charge in [-0.25, -0.2) is 0 Å². The highest BCUT2D eigenvalue weighted by Crippen LogP contribution is 2.62. The van der Waals surface area contributed by atoms with Crippen molar-refractivity contribution in [1.82, 2.24) is 4.98 Å². The maximum atomic E-state index is 14.8. The molecule has 60 heavy (non-hydrogen) atoms. The molecular weight excluding hydrogens is 763 g/mol. The third-order valence-electron chi connectivity index (χ3n) is 13.8. The van der Waals surface area contributed by atoms with Crippen molar-refractivity contribution in [1.29, 1.82) is 0 Å². The summed E-state index contributed by atoms with van der Waals surface area (Å²) in [7, 11) is 1.52. The SMILES string of the molecule is COc1cc2c(cc1O)C1=C3C=CC4CC3C(C2CC(=O)CC(C(O)Cc2ccc(O)c(OCCO)c2)OC(=O)CC#CCc2c1[nH]c1ccccc21)C1CCC(O)CC41. The molecular formula is C49H51NO10. The van der Waals surface area contributed by atoms with Crippen LogP contribution in [0.25, 0.3) is 16.5 Å². The molecule has 0 saturated heterocycles. The summed E-state index contributed by atoms with van der Waals surface area (Å²) >= 11 is 0. The van der Waals surface area contributed by atoms with Crippen LogP contribution in [0.2, 0.25) is 0 Å². The summed E-state index contributed by atoms with van der Waals surface area (Å²) in [5.74, 6) is 6.10. The molecule has 9 atom stereocenters. The number of esters is 1. The molecule has 4 aromatic rings. The predicted molar refractivity (Wildman–Crippen MR) is 223 cm³/mol. The summed E-state index contributed by atoms with van der Waals surface area (Å²) in [5.41, 5.74) is 7.15. The van der Waals surface area contributed by atoms with Crippen LogP contribution in [0, 0.1) is 41.4 Å². The van der Waals surface area contributed by atoms with E-state index >= 15 is 0 Å². The number of hydrogen-bond donors (Lipinski definition) is 6. The molecule has 11 heteroatoms. The summed E-state index contributed by atoms with van der Waals surface area (Å²) in [6.07, 6.45) is 4.64. The summed E-state index contributed by atoms with van der Waals surface area (Å²) in [4.78, 5) is 32.0. The Labute approximate surface area is 348 Å². The molecule has 0 amide bonds. The number of aromatic hydroxyl groups is 2. The fraction of sp³-hybridized carbons (Fsp3) is 0.429. The van der Waals surface area contributed by atoms with Crippen LogP contribution in [-0.2, 0) is 27.2 Å². The number of cyclic esters (lactones) is 1. The van der Waals surface area contributed by atoms with Crippen molar-refractivity contribution >= 4 is 28.2 Å². The number of phenolic OH excluding ortho intramolecular Hbond substituents is 2. The lowest BCUT2D eigenvalue weighted by Crippen LogP contribution is -2.47. The van der Waals surface area contributed by atoms with Crippen molar-refractivity contribution in [3.05, 3.63) is 100 Å². The third-order valence-corrected chi connectivity index (χ3v) is 13.8. The van der Waals surface area contributed by atoms with Gasteiger partial charge >= 0.3 is 5.97 Å². The van der Waals surface area contributed by atoms with Crippen LogP contribution in [0.4, 0.5) is 0 Å². The van der Waals surface area contributed by atoms with E-state index in [0.717, 1.165) is 57.3 Å². The quantitative estimate of drug-likeness (QED) is 0.0921. The van der Waals surface area contributed by atoms with Gasteiger partial charge in [-0.1, -0.05) is 48.3 Å². The topological polar surface area (TPSA) is 179 Å². The first-order chi connectivity index (χ1) is 29.1.